The fourth-order valence-electron chi connectivity index (χ4n) is 1.98. The molecule has 0 aliphatic carbocycles. The molecule has 0 saturated heterocycles. The third-order valence-electron chi connectivity index (χ3n) is 3.13. The molecule has 1 aromatic rings. The zero-order valence-electron chi connectivity index (χ0n) is 10.3. The number of amides is 1. The molecule has 1 unspecified atom stereocenters. The van der Waals surface area contributed by atoms with E-state index in [9.17, 15) is 36.2 Å². The number of carbonyl (C=O) groups is 1. The van der Waals surface area contributed by atoms with Crippen LogP contribution < -0.4 is 5.32 Å². The van der Waals surface area contributed by atoms with Crippen LogP contribution in [-0.2, 0) is 11.2 Å². The highest BCUT2D eigenvalue weighted by molar-refractivity contribution is 5.93. The van der Waals surface area contributed by atoms with Crippen LogP contribution >= 0.6 is 0 Å². The fourth-order valence-corrected chi connectivity index (χ4v) is 1.98. The van der Waals surface area contributed by atoms with Crippen molar-refractivity contribution in [3.63, 3.8) is 0 Å². The highest BCUT2D eigenvalue weighted by Gasteiger charge is 2.63. The van der Waals surface area contributed by atoms with Crippen molar-refractivity contribution in [2.24, 2.45) is 0 Å². The smallest absolute Gasteiger partial charge is 0.382 e. The molecule has 21 heavy (non-hydrogen) atoms. The van der Waals surface area contributed by atoms with Crippen LogP contribution in [0.15, 0.2) is 12.1 Å². The van der Waals surface area contributed by atoms with Gasteiger partial charge in [-0.05, 0) is 24.1 Å². The molecule has 1 aliphatic heterocycles. The molecule has 3 nitrogen and oxygen atoms in total. The minimum atomic E-state index is -6.01. The standard InChI is InChI=1S/C12H9F6NO2/c13-7-4-8-5(1-2-9(20)19-8)3-6(7)10(21)11(14,15)12(16,17)18/h3-4,10,21H,1-2H2,(H,19,20). The van der Waals surface area contributed by atoms with Crippen molar-refractivity contribution >= 4 is 11.6 Å². The SMILES string of the molecule is O=C1CCc2cc(C(O)C(F)(F)C(F)(F)F)c(F)cc2N1. The zero-order valence-corrected chi connectivity index (χ0v) is 10.3. The number of alkyl halides is 5. The molecule has 9 heteroatoms. The van der Waals surface area contributed by atoms with Crippen molar-refractivity contribution in [3.8, 4) is 0 Å². The zero-order chi connectivity index (χ0) is 16.0. The van der Waals surface area contributed by atoms with Crippen LogP contribution in [0.25, 0.3) is 0 Å². The summed E-state index contributed by atoms with van der Waals surface area (Å²) in [6.45, 7) is 0. The summed E-state index contributed by atoms with van der Waals surface area (Å²) >= 11 is 0. The van der Waals surface area contributed by atoms with Gasteiger partial charge >= 0.3 is 12.1 Å². The topological polar surface area (TPSA) is 49.3 Å². The number of aryl methyl sites for hydroxylation is 1. The number of nitrogens with one attached hydrogen (secondary N) is 1. The molecule has 2 N–H and O–H groups in total. The number of aliphatic hydroxyl groups is 1. The number of halogens is 6. The minimum Gasteiger partial charge on any atom is -0.382 e. The van der Waals surface area contributed by atoms with E-state index in [1.165, 1.54) is 0 Å². The molecule has 0 aromatic heterocycles. The highest BCUT2D eigenvalue weighted by atomic mass is 19.4. The molecule has 1 aromatic carbocycles. The number of rotatable bonds is 2. The molecule has 2 rings (SSSR count). The molecular formula is C12H9F6NO2. The number of anilines is 1. The highest BCUT2D eigenvalue weighted by Crippen LogP contribution is 2.45. The number of carbonyl (C=O) groups excluding carboxylic acids is 1. The van der Waals surface area contributed by atoms with E-state index in [2.05, 4.69) is 5.32 Å². The van der Waals surface area contributed by atoms with E-state index in [1.54, 1.807) is 0 Å². The first-order chi connectivity index (χ1) is 9.54. The first kappa shape index (κ1) is 15.6. The van der Waals surface area contributed by atoms with Crippen LogP contribution in [0.3, 0.4) is 0 Å². The predicted octanol–water partition coefficient (Wildman–Crippen LogP) is 2.94. The molecule has 0 saturated carbocycles. The van der Waals surface area contributed by atoms with Crippen molar-refractivity contribution in [1.82, 2.24) is 0 Å². The molecule has 1 atom stereocenters. The lowest BCUT2D eigenvalue weighted by molar-refractivity contribution is -0.315. The van der Waals surface area contributed by atoms with E-state index in [0.29, 0.717) is 12.1 Å². The summed E-state index contributed by atoms with van der Waals surface area (Å²) in [5.41, 5.74) is -0.981. The Hall–Kier alpha value is -1.77. The lowest BCUT2D eigenvalue weighted by Crippen LogP contribution is -2.42. The molecule has 0 radical (unpaired) electrons. The Morgan fingerprint density at radius 1 is 1.14 bits per heavy atom. The van der Waals surface area contributed by atoms with Gasteiger partial charge in [0.05, 0.1) is 0 Å². The molecular weight excluding hydrogens is 304 g/mol. The van der Waals surface area contributed by atoms with Crippen molar-refractivity contribution in [1.29, 1.82) is 0 Å². The number of fused-ring (bicyclic) bond motifs is 1. The van der Waals surface area contributed by atoms with Gasteiger partial charge in [-0.3, -0.25) is 4.79 Å². The summed E-state index contributed by atoms with van der Waals surface area (Å²) in [6.07, 6.45) is -9.33. The largest absolute Gasteiger partial charge is 0.456 e. The van der Waals surface area contributed by atoms with E-state index in [-0.39, 0.29) is 24.1 Å². The van der Waals surface area contributed by atoms with Crippen LogP contribution in [0.5, 0.6) is 0 Å². The van der Waals surface area contributed by atoms with Gasteiger partial charge in [0.2, 0.25) is 5.91 Å². The summed E-state index contributed by atoms with van der Waals surface area (Å²) in [5.74, 6) is -7.36. The van der Waals surface area contributed by atoms with Gasteiger partial charge in [0.25, 0.3) is 0 Å². The average molecular weight is 313 g/mol. The summed E-state index contributed by atoms with van der Waals surface area (Å²) in [7, 11) is 0. The van der Waals surface area contributed by atoms with Gasteiger partial charge in [-0.15, -0.1) is 0 Å². The minimum absolute atomic E-state index is 0.00461. The van der Waals surface area contributed by atoms with Gasteiger partial charge in [-0.25, -0.2) is 4.39 Å². The Balaban J connectivity index is 2.44. The molecule has 1 amide bonds. The van der Waals surface area contributed by atoms with Crippen LogP contribution in [0.1, 0.15) is 23.7 Å². The Morgan fingerprint density at radius 2 is 1.76 bits per heavy atom. The summed E-state index contributed by atoms with van der Waals surface area (Å²) in [4.78, 5) is 11.1. The number of benzene rings is 1. The summed E-state index contributed by atoms with van der Waals surface area (Å²) < 4.78 is 76.4. The Bertz CT molecular complexity index is 584. The molecule has 0 fully saturated rings. The monoisotopic (exact) mass is 313 g/mol. The third kappa shape index (κ3) is 2.69. The van der Waals surface area contributed by atoms with E-state index < -0.39 is 35.5 Å². The molecule has 116 valence electrons. The quantitative estimate of drug-likeness (QED) is 0.825. The van der Waals surface area contributed by atoms with Gasteiger partial charge in [0.1, 0.15) is 5.82 Å². The maximum Gasteiger partial charge on any atom is 0.456 e. The Labute approximate surface area is 114 Å². The van der Waals surface area contributed by atoms with E-state index in [0.717, 1.165) is 0 Å². The molecule has 1 aliphatic rings. The van der Waals surface area contributed by atoms with Crippen LogP contribution in [0.2, 0.25) is 0 Å². The van der Waals surface area contributed by atoms with Gasteiger partial charge < -0.3 is 10.4 Å². The summed E-state index contributed by atoms with van der Waals surface area (Å²) in [6, 6.07) is 1.34. The second-order valence-electron chi connectivity index (χ2n) is 4.60. The van der Waals surface area contributed by atoms with E-state index in [1.807, 2.05) is 0 Å². The lowest BCUT2D eigenvalue weighted by Gasteiger charge is -2.26. The Morgan fingerprint density at radius 3 is 2.33 bits per heavy atom. The van der Waals surface area contributed by atoms with Crippen LogP contribution in [-0.4, -0.2) is 23.1 Å². The van der Waals surface area contributed by atoms with Crippen LogP contribution in [0.4, 0.5) is 32.0 Å². The number of hydrogen-bond donors (Lipinski definition) is 2. The van der Waals surface area contributed by atoms with Crippen molar-refractivity contribution in [2.75, 3.05) is 5.32 Å². The second-order valence-corrected chi connectivity index (χ2v) is 4.60. The van der Waals surface area contributed by atoms with Gasteiger partial charge in [-0.1, -0.05) is 0 Å². The lowest BCUT2D eigenvalue weighted by atomic mass is 9.95. The maximum atomic E-state index is 13.7. The van der Waals surface area contributed by atoms with Crippen molar-refractivity contribution in [3.05, 3.63) is 29.1 Å². The van der Waals surface area contributed by atoms with Crippen LogP contribution in [0, 0.1) is 5.82 Å². The number of hydrogen-bond acceptors (Lipinski definition) is 2. The first-order valence-corrected chi connectivity index (χ1v) is 5.79. The number of aliphatic hydroxyl groups excluding tert-OH is 1. The van der Waals surface area contributed by atoms with Crippen molar-refractivity contribution in [2.45, 2.75) is 31.0 Å². The van der Waals surface area contributed by atoms with E-state index in [4.69, 9.17) is 0 Å². The van der Waals surface area contributed by atoms with Gasteiger partial charge in [-0.2, -0.15) is 22.0 Å². The predicted molar refractivity (Wildman–Crippen MR) is 59.3 cm³/mol. The maximum absolute atomic E-state index is 13.7. The van der Waals surface area contributed by atoms with E-state index >= 15 is 0 Å². The van der Waals surface area contributed by atoms with Gasteiger partial charge in [0.15, 0.2) is 6.10 Å². The third-order valence-corrected chi connectivity index (χ3v) is 3.13. The van der Waals surface area contributed by atoms with Crippen molar-refractivity contribution < 1.29 is 36.2 Å². The Kier molecular flexibility index (Phi) is 3.64. The molecule has 0 spiro atoms. The second kappa shape index (κ2) is 4.90. The molecule has 0 bridgehead atoms. The van der Waals surface area contributed by atoms with Gasteiger partial charge in [0, 0.05) is 17.7 Å². The molecule has 1 heterocycles. The summed E-state index contributed by atoms with van der Waals surface area (Å²) in [5, 5.41) is 11.5. The average Bonchev–Trinajstić information content (AvgIpc) is 2.35. The first-order valence-electron chi connectivity index (χ1n) is 5.79. The fraction of sp³-hybridized carbons (Fsp3) is 0.417. The normalized spacial score (nSPS) is 17.2.